The number of methoxy groups -OCH3 is 1. The number of ketones is 1. The second-order valence-electron chi connectivity index (χ2n) is 11.3. The van der Waals surface area contributed by atoms with Crippen LogP contribution in [0.2, 0.25) is 0 Å². The van der Waals surface area contributed by atoms with E-state index in [0.717, 1.165) is 0 Å². The highest BCUT2D eigenvalue weighted by Gasteiger charge is 2.72. The molecule has 2 bridgehead atoms. The third-order valence-corrected chi connectivity index (χ3v) is 9.89. The lowest BCUT2D eigenvalue weighted by molar-refractivity contribution is -0.304. The molecule has 1 aliphatic heterocycles. The Balaban J connectivity index is 2.04. The fraction of sp³-hybridized carbons (Fsp3) is 0.875. The van der Waals surface area contributed by atoms with Gasteiger partial charge in [-0.05, 0) is 36.8 Å². The first kappa shape index (κ1) is 22.4. The number of rotatable bonds is 2. The molecule has 0 amide bonds. The molecule has 2 saturated carbocycles. The maximum absolute atomic E-state index is 14.3. The Labute approximate surface area is 179 Å². The predicted octanol–water partition coefficient (Wildman–Crippen LogP) is 2.10. The second kappa shape index (κ2) is 6.61. The molecule has 0 radical (unpaired) electrons. The van der Waals surface area contributed by atoms with Crippen LogP contribution in [0.1, 0.15) is 54.4 Å². The molecule has 0 spiro atoms. The number of ether oxygens (including phenoxy) is 2. The van der Waals surface area contributed by atoms with Crippen LogP contribution in [0.15, 0.2) is 11.1 Å². The van der Waals surface area contributed by atoms with Crippen LogP contribution >= 0.6 is 0 Å². The Morgan fingerprint density at radius 3 is 2.37 bits per heavy atom. The van der Waals surface area contributed by atoms with E-state index in [9.17, 15) is 20.1 Å². The van der Waals surface area contributed by atoms with Crippen molar-refractivity contribution in [3.05, 3.63) is 11.1 Å². The summed E-state index contributed by atoms with van der Waals surface area (Å²) >= 11 is 0. The monoisotopic (exact) mass is 422 g/mol. The van der Waals surface area contributed by atoms with Gasteiger partial charge >= 0.3 is 0 Å². The molecule has 0 aromatic rings. The average Bonchev–Trinajstić information content (AvgIpc) is 2.67. The van der Waals surface area contributed by atoms with E-state index in [-0.39, 0.29) is 48.3 Å². The van der Waals surface area contributed by atoms with Crippen molar-refractivity contribution in [3.8, 4) is 0 Å². The largest absolute Gasteiger partial charge is 0.395 e. The summed E-state index contributed by atoms with van der Waals surface area (Å²) in [5, 5.41) is 33.6. The van der Waals surface area contributed by atoms with Gasteiger partial charge in [0.15, 0.2) is 5.78 Å². The molecule has 4 rings (SSSR count). The van der Waals surface area contributed by atoms with Crippen LogP contribution in [-0.2, 0) is 14.3 Å². The first-order valence-electron chi connectivity index (χ1n) is 11.2. The quantitative estimate of drug-likeness (QED) is 0.590. The van der Waals surface area contributed by atoms with Crippen molar-refractivity contribution >= 4 is 5.78 Å². The summed E-state index contributed by atoms with van der Waals surface area (Å²) in [6, 6.07) is 0. The SMILES string of the molecule is CO[C@H]1C[C@H]2OC[C@@]2(C)C2C(C)[C@]3(O)C[C@H](O)C(C)=C([C@@H](CO)C(=O)[C@@]21C)C3(C)C. The van der Waals surface area contributed by atoms with E-state index < -0.39 is 28.5 Å². The van der Waals surface area contributed by atoms with Crippen molar-refractivity contribution in [2.75, 3.05) is 20.3 Å². The highest BCUT2D eigenvalue weighted by molar-refractivity contribution is 5.91. The molecule has 1 saturated heterocycles. The molecule has 9 atom stereocenters. The van der Waals surface area contributed by atoms with Crippen molar-refractivity contribution in [1.29, 1.82) is 0 Å². The summed E-state index contributed by atoms with van der Waals surface area (Å²) in [5.74, 6) is -1.31. The van der Waals surface area contributed by atoms with Crippen molar-refractivity contribution in [1.82, 2.24) is 0 Å². The Hall–Kier alpha value is -0.790. The van der Waals surface area contributed by atoms with E-state index in [1.54, 1.807) is 7.11 Å². The number of hydrogen-bond acceptors (Lipinski definition) is 6. The standard InChI is InChI=1S/C24H38O6/c1-12-15(26)9-24(28)13(2)19-22(5)11-30-16(22)8-17(29-7)23(19,6)20(27)14(10-25)18(12)21(24,3)4/h13-17,19,25-26,28H,8-11H2,1-7H3/t13?,14-,15+,16-,17+,19?,22-,23-,24-/m1/s1. The molecule has 0 aromatic heterocycles. The summed E-state index contributed by atoms with van der Waals surface area (Å²) in [4.78, 5) is 14.3. The lowest BCUT2D eigenvalue weighted by atomic mass is 9.40. The number of Topliss-reactive ketones (excluding diaryl/α,β-unsaturated/α-hetero) is 1. The number of fused-ring (bicyclic) bond motifs is 5. The Kier molecular flexibility index (Phi) is 4.94. The van der Waals surface area contributed by atoms with E-state index in [2.05, 4.69) is 6.92 Å². The van der Waals surface area contributed by atoms with Gasteiger partial charge in [0.05, 0.1) is 48.5 Å². The molecule has 170 valence electrons. The number of carbonyl (C=O) groups is 1. The van der Waals surface area contributed by atoms with Crippen molar-refractivity contribution in [3.63, 3.8) is 0 Å². The van der Waals surface area contributed by atoms with Crippen LogP contribution < -0.4 is 0 Å². The maximum atomic E-state index is 14.3. The molecule has 4 aliphatic rings. The Bertz CT molecular complexity index is 789. The lowest BCUT2D eigenvalue weighted by Crippen LogP contribution is -2.74. The van der Waals surface area contributed by atoms with E-state index in [1.165, 1.54) is 0 Å². The van der Waals surface area contributed by atoms with E-state index in [0.29, 0.717) is 24.2 Å². The Morgan fingerprint density at radius 1 is 1.23 bits per heavy atom. The van der Waals surface area contributed by atoms with Gasteiger partial charge in [-0.1, -0.05) is 27.7 Å². The number of aliphatic hydroxyl groups excluding tert-OH is 2. The van der Waals surface area contributed by atoms with Crippen molar-refractivity contribution in [2.24, 2.45) is 34.0 Å². The molecule has 3 fully saturated rings. The van der Waals surface area contributed by atoms with Crippen LogP contribution in [0.25, 0.3) is 0 Å². The first-order chi connectivity index (χ1) is 13.8. The predicted molar refractivity (Wildman–Crippen MR) is 112 cm³/mol. The third-order valence-electron chi connectivity index (χ3n) is 9.89. The van der Waals surface area contributed by atoms with Crippen LogP contribution in [0.5, 0.6) is 0 Å². The molecule has 0 aromatic carbocycles. The van der Waals surface area contributed by atoms with Gasteiger partial charge in [0.25, 0.3) is 0 Å². The number of hydrogen-bond donors (Lipinski definition) is 3. The molecule has 2 unspecified atom stereocenters. The van der Waals surface area contributed by atoms with Gasteiger partial charge in [-0.2, -0.15) is 0 Å². The van der Waals surface area contributed by atoms with Crippen LogP contribution in [-0.4, -0.2) is 65.3 Å². The zero-order valence-electron chi connectivity index (χ0n) is 19.4. The molecule has 3 N–H and O–H groups in total. The van der Waals surface area contributed by atoms with Gasteiger partial charge in [-0.25, -0.2) is 0 Å². The van der Waals surface area contributed by atoms with Gasteiger partial charge in [0, 0.05) is 30.8 Å². The minimum Gasteiger partial charge on any atom is -0.395 e. The number of carbonyl (C=O) groups excluding carboxylic acids is 1. The molecular weight excluding hydrogens is 384 g/mol. The minimum absolute atomic E-state index is 0.0280. The van der Waals surface area contributed by atoms with E-state index in [4.69, 9.17) is 9.47 Å². The van der Waals surface area contributed by atoms with Gasteiger partial charge < -0.3 is 24.8 Å². The molecule has 6 nitrogen and oxygen atoms in total. The smallest absolute Gasteiger partial charge is 0.151 e. The average molecular weight is 423 g/mol. The van der Waals surface area contributed by atoms with Crippen molar-refractivity contribution < 1.29 is 29.6 Å². The van der Waals surface area contributed by atoms with Crippen LogP contribution in [0.4, 0.5) is 0 Å². The molecular formula is C24H38O6. The fourth-order valence-electron chi connectivity index (χ4n) is 8.19. The zero-order valence-corrected chi connectivity index (χ0v) is 19.4. The summed E-state index contributed by atoms with van der Waals surface area (Å²) in [6.07, 6.45) is -0.385. The normalized spacial score (nSPS) is 52.7. The molecule has 3 aliphatic carbocycles. The van der Waals surface area contributed by atoms with Gasteiger partial charge in [-0.15, -0.1) is 0 Å². The first-order valence-corrected chi connectivity index (χ1v) is 11.2. The summed E-state index contributed by atoms with van der Waals surface area (Å²) in [7, 11) is 1.63. The van der Waals surface area contributed by atoms with Gasteiger partial charge in [-0.3, -0.25) is 4.79 Å². The van der Waals surface area contributed by atoms with Crippen molar-refractivity contribution in [2.45, 2.75) is 78.3 Å². The second-order valence-corrected chi connectivity index (χ2v) is 11.3. The molecule has 30 heavy (non-hydrogen) atoms. The highest BCUT2D eigenvalue weighted by atomic mass is 16.5. The van der Waals surface area contributed by atoms with Gasteiger partial charge in [0.1, 0.15) is 0 Å². The van der Waals surface area contributed by atoms with E-state index >= 15 is 0 Å². The topological polar surface area (TPSA) is 96.2 Å². The van der Waals surface area contributed by atoms with Crippen LogP contribution in [0, 0.1) is 34.0 Å². The fourth-order valence-corrected chi connectivity index (χ4v) is 8.19. The highest BCUT2D eigenvalue weighted by Crippen LogP contribution is 2.67. The minimum atomic E-state index is -1.24. The molecule has 1 heterocycles. The zero-order chi connectivity index (χ0) is 22.4. The summed E-state index contributed by atoms with van der Waals surface area (Å²) in [5.41, 5.74) is -1.77. The number of aliphatic hydroxyl groups is 3. The summed E-state index contributed by atoms with van der Waals surface area (Å²) < 4.78 is 11.8. The lowest BCUT2D eigenvalue weighted by Gasteiger charge is -2.69. The van der Waals surface area contributed by atoms with Crippen LogP contribution in [0.3, 0.4) is 0 Å². The Morgan fingerprint density at radius 2 is 1.87 bits per heavy atom. The molecule has 6 heteroatoms. The van der Waals surface area contributed by atoms with Gasteiger partial charge in [0.2, 0.25) is 0 Å². The van der Waals surface area contributed by atoms with E-state index in [1.807, 2.05) is 34.6 Å². The third kappa shape index (κ3) is 2.35. The summed E-state index contributed by atoms with van der Waals surface area (Å²) in [6.45, 7) is 12.1. The maximum Gasteiger partial charge on any atom is 0.151 e.